The van der Waals surface area contributed by atoms with E-state index >= 15 is 0 Å². The third-order valence-corrected chi connectivity index (χ3v) is 8.88. The molecule has 1 unspecified atom stereocenters. The number of ketones is 1. The minimum Gasteiger partial charge on any atom is -0.504 e. The van der Waals surface area contributed by atoms with Gasteiger partial charge in [0.2, 0.25) is 11.7 Å². The van der Waals surface area contributed by atoms with E-state index in [0.29, 0.717) is 16.7 Å². The Morgan fingerprint density at radius 1 is 1.25 bits per heavy atom. The van der Waals surface area contributed by atoms with E-state index in [2.05, 4.69) is 0 Å². The zero-order chi connectivity index (χ0) is 26.4. The van der Waals surface area contributed by atoms with E-state index in [1.807, 2.05) is 6.92 Å². The van der Waals surface area contributed by atoms with Gasteiger partial charge in [-0.3, -0.25) is 4.79 Å². The summed E-state index contributed by atoms with van der Waals surface area (Å²) in [6, 6.07) is 0. The fraction of sp³-hybridized carbons (Fsp3) is 0.615. The first kappa shape index (κ1) is 24.7. The van der Waals surface area contributed by atoms with Crippen LogP contribution in [0.1, 0.15) is 40.5 Å². The van der Waals surface area contributed by atoms with Crippen molar-refractivity contribution in [3.8, 4) is 0 Å². The van der Waals surface area contributed by atoms with Crippen molar-refractivity contribution in [1.29, 1.82) is 0 Å². The van der Waals surface area contributed by atoms with Gasteiger partial charge in [-0.05, 0) is 38.7 Å². The topological polar surface area (TPSA) is 146 Å². The minimum atomic E-state index is -2.01. The fourth-order valence-corrected chi connectivity index (χ4v) is 7.46. The van der Waals surface area contributed by atoms with E-state index in [4.69, 9.17) is 18.9 Å². The van der Waals surface area contributed by atoms with E-state index in [0.717, 1.165) is 7.11 Å². The summed E-state index contributed by atoms with van der Waals surface area (Å²) < 4.78 is 22.6. The molecule has 3 fully saturated rings. The van der Waals surface area contributed by atoms with Crippen LogP contribution >= 0.6 is 0 Å². The maximum absolute atomic E-state index is 13.3. The number of aliphatic hydroxyl groups is 2. The Morgan fingerprint density at radius 3 is 2.58 bits per heavy atom. The predicted molar refractivity (Wildman–Crippen MR) is 121 cm³/mol. The normalized spacial score (nSPS) is 42.5. The molecule has 36 heavy (non-hydrogen) atoms. The molecule has 1 saturated carbocycles. The molecule has 10 nitrogen and oxygen atoms in total. The smallest absolute Gasteiger partial charge is 0.348 e. The quantitative estimate of drug-likeness (QED) is 0.252. The lowest BCUT2D eigenvalue weighted by atomic mass is 9.43. The number of hydrogen-bond acceptors (Lipinski definition) is 10. The molecule has 0 radical (unpaired) electrons. The first-order valence-electron chi connectivity index (χ1n) is 12.0. The van der Waals surface area contributed by atoms with Gasteiger partial charge in [-0.1, -0.05) is 24.1 Å². The molecule has 5 rings (SSSR count). The van der Waals surface area contributed by atoms with Crippen LogP contribution in [0.15, 0.2) is 34.6 Å². The standard InChI is InChI=1S/C26H30O10/c1-11(2)6-18(29)36-20-21-25-10-34-26(21,23(32)33-5)16(28)8-15(25)24(4)9-14(27)19(30)12(3)13(24)7-17(25)35-22(20)31/h6,8,13,16-17,20-21,28,30H,7,9-10H2,1-5H3/t13-,16-,17+,20+,21+,24-,25-,26?/m0/s1. The molecule has 5 aliphatic rings. The average molecular weight is 503 g/mol. The van der Waals surface area contributed by atoms with Crippen LogP contribution in [-0.4, -0.2) is 71.5 Å². The lowest BCUT2D eigenvalue weighted by molar-refractivity contribution is -0.222. The van der Waals surface area contributed by atoms with E-state index in [1.54, 1.807) is 20.8 Å². The SMILES string of the molecule is COC(=O)C12OC[C@]34C(=C[C@@H]1O)[C@@]1(C)CC(=O)C(O)=C(C)[C@@H]1C[C@H]3OC(=O)[C@H](OC(=O)C=C(C)C)[C@@H]24. The second-order valence-electron chi connectivity index (χ2n) is 11.0. The van der Waals surface area contributed by atoms with E-state index in [9.17, 15) is 29.4 Å². The van der Waals surface area contributed by atoms with Gasteiger partial charge >= 0.3 is 17.9 Å². The summed E-state index contributed by atoms with van der Waals surface area (Å²) in [7, 11) is 1.15. The molecule has 2 heterocycles. The molecule has 0 amide bonds. The predicted octanol–water partition coefficient (Wildman–Crippen LogP) is 1.47. The van der Waals surface area contributed by atoms with E-state index in [-0.39, 0.29) is 31.1 Å². The highest BCUT2D eigenvalue weighted by molar-refractivity contribution is 5.96. The highest BCUT2D eigenvalue weighted by Gasteiger charge is 2.80. The number of fused-ring (bicyclic) bond motifs is 2. The molecular formula is C26H30O10. The third kappa shape index (κ3) is 2.85. The number of allylic oxidation sites excluding steroid dienone is 3. The van der Waals surface area contributed by atoms with Gasteiger partial charge in [0.05, 0.1) is 25.0 Å². The number of rotatable bonds is 3. The lowest BCUT2D eigenvalue weighted by Crippen LogP contribution is -2.72. The zero-order valence-electron chi connectivity index (χ0n) is 20.8. The first-order chi connectivity index (χ1) is 16.8. The Kier molecular flexibility index (Phi) is 5.32. The summed E-state index contributed by atoms with van der Waals surface area (Å²) in [6.07, 6.45) is -0.984. The number of hydrogen-bond donors (Lipinski definition) is 2. The second-order valence-corrected chi connectivity index (χ2v) is 11.0. The highest BCUT2D eigenvalue weighted by atomic mass is 16.6. The number of Topliss-reactive ketones (excluding diaryl/α,β-unsaturated/α-hetero) is 1. The molecule has 2 saturated heterocycles. The molecular weight excluding hydrogens is 472 g/mol. The first-order valence-corrected chi connectivity index (χ1v) is 12.0. The Hall–Kier alpha value is -2.98. The van der Waals surface area contributed by atoms with Crippen molar-refractivity contribution in [2.45, 2.75) is 64.4 Å². The van der Waals surface area contributed by atoms with Crippen LogP contribution in [-0.2, 0) is 38.1 Å². The van der Waals surface area contributed by atoms with Crippen LogP contribution in [0.4, 0.5) is 0 Å². The maximum atomic E-state index is 13.3. The molecule has 0 aromatic rings. The van der Waals surface area contributed by atoms with Crippen molar-refractivity contribution >= 4 is 23.7 Å². The number of ether oxygens (including phenoxy) is 4. The Bertz CT molecular complexity index is 1180. The van der Waals surface area contributed by atoms with Crippen molar-refractivity contribution in [3.63, 3.8) is 0 Å². The van der Waals surface area contributed by atoms with E-state index in [1.165, 1.54) is 12.2 Å². The molecule has 10 heteroatoms. The summed E-state index contributed by atoms with van der Waals surface area (Å²) in [4.78, 5) is 52.0. The second kappa shape index (κ2) is 7.76. The van der Waals surface area contributed by atoms with Crippen LogP contribution in [0, 0.1) is 22.7 Å². The van der Waals surface area contributed by atoms with Gasteiger partial charge < -0.3 is 29.2 Å². The summed E-state index contributed by atoms with van der Waals surface area (Å²) in [5, 5.41) is 21.8. The third-order valence-electron chi connectivity index (χ3n) is 8.88. The number of methoxy groups -OCH3 is 1. The summed E-state index contributed by atoms with van der Waals surface area (Å²) in [5.41, 5.74) is -2.31. The van der Waals surface area contributed by atoms with Gasteiger partial charge in [-0.25, -0.2) is 14.4 Å². The van der Waals surface area contributed by atoms with Gasteiger partial charge in [-0.15, -0.1) is 0 Å². The summed E-state index contributed by atoms with van der Waals surface area (Å²) in [5.74, 6) is -4.81. The van der Waals surface area contributed by atoms with Crippen LogP contribution in [0.3, 0.4) is 0 Å². The van der Waals surface area contributed by atoms with Gasteiger partial charge in [0.25, 0.3) is 0 Å². The van der Waals surface area contributed by atoms with Crippen molar-refractivity contribution in [2.24, 2.45) is 22.7 Å². The number of carbonyl (C=O) groups is 4. The van der Waals surface area contributed by atoms with Crippen molar-refractivity contribution in [2.75, 3.05) is 13.7 Å². The Labute approximate surface area is 207 Å². The van der Waals surface area contributed by atoms with Gasteiger partial charge in [0.1, 0.15) is 12.2 Å². The summed E-state index contributed by atoms with van der Waals surface area (Å²) >= 11 is 0. The molecule has 2 aliphatic heterocycles. The number of carbonyl (C=O) groups excluding carboxylic acids is 4. The van der Waals surface area contributed by atoms with Crippen molar-refractivity contribution in [1.82, 2.24) is 0 Å². The molecule has 3 aliphatic carbocycles. The average Bonchev–Trinajstić information content (AvgIpc) is 3.09. The monoisotopic (exact) mass is 502 g/mol. The molecule has 194 valence electrons. The highest BCUT2D eigenvalue weighted by Crippen LogP contribution is 2.71. The lowest BCUT2D eigenvalue weighted by Gasteiger charge is -2.62. The molecule has 2 bridgehead atoms. The largest absolute Gasteiger partial charge is 0.504 e. The molecule has 0 aromatic heterocycles. The number of aliphatic hydroxyl groups excluding tert-OH is 2. The van der Waals surface area contributed by atoms with Gasteiger partial charge in [-0.2, -0.15) is 0 Å². The van der Waals surface area contributed by atoms with Crippen molar-refractivity contribution in [3.05, 3.63) is 34.6 Å². The molecule has 0 aromatic carbocycles. The fourth-order valence-electron chi connectivity index (χ4n) is 7.46. The van der Waals surface area contributed by atoms with Gasteiger partial charge in [0.15, 0.2) is 11.5 Å². The zero-order valence-corrected chi connectivity index (χ0v) is 20.8. The molecule has 1 spiro atoms. The van der Waals surface area contributed by atoms with Crippen LogP contribution < -0.4 is 0 Å². The van der Waals surface area contributed by atoms with Crippen LogP contribution in [0.5, 0.6) is 0 Å². The Balaban J connectivity index is 1.74. The molecule has 8 atom stereocenters. The van der Waals surface area contributed by atoms with Gasteiger partial charge in [0, 0.05) is 17.9 Å². The summed E-state index contributed by atoms with van der Waals surface area (Å²) in [6.45, 7) is 6.81. The van der Waals surface area contributed by atoms with E-state index < -0.39 is 64.4 Å². The Morgan fingerprint density at radius 2 is 1.94 bits per heavy atom. The van der Waals surface area contributed by atoms with Crippen molar-refractivity contribution < 1.29 is 48.3 Å². The van der Waals surface area contributed by atoms with Crippen LogP contribution in [0.25, 0.3) is 0 Å². The minimum absolute atomic E-state index is 0.0397. The maximum Gasteiger partial charge on any atom is 0.348 e. The van der Waals surface area contributed by atoms with Crippen LogP contribution in [0.2, 0.25) is 0 Å². The number of esters is 3. The molecule has 2 N–H and O–H groups in total.